The van der Waals surface area contributed by atoms with Gasteiger partial charge in [-0.25, -0.2) is 4.98 Å². The van der Waals surface area contributed by atoms with Crippen molar-refractivity contribution in [2.45, 2.75) is 11.8 Å². The van der Waals surface area contributed by atoms with E-state index >= 15 is 0 Å². The largest absolute Gasteiger partial charge is 0.379 e. The van der Waals surface area contributed by atoms with Crippen LogP contribution in [0.4, 0.5) is 0 Å². The maximum Gasteiger partial charge on any atom is 0.339 e. The van der Waals surface area contributed by atoms with Gasteiger partial charge in [0.2, 0.25) is 0 Å². The number of halogens is 1. The molecule has 0 N–H and O–H groups in total. The Labute approximate surface area is 154 Å². The van der Waals surface area contributed by atoms with Crippen LogP contribution in [0.25, 0.3) is 10.6 Å². The fraction of sp³-hybridized carbons (Fsp3) is 0.0588. The van der Waals surface area contributed by atoms with Crippen LogP contribution < -0.4 is 4.18 Å². The molecule has 1 aromatic heterocycles. The van der Waals surface area contributed by atoms with E-state index in [-0.39, 0.29) is 21.2 Å². The molecule has 3 aromatic rings. The fourth-order valence-electron chi connectivity index (χ4n) is 2.06. The van der Waals surface area contributed by atoms with E-state index in [4.69, 9.17) is 21.0 Å². The lowest BCUT2D eigenvalue weighted by Crippen LogP contribution is -2.09. The van der Waals surface area contributed by atoms with Crippen molar-refractivity contribution in [3.63, 3.8) is 0 Å². The first-order valence-electron chi connectivity index (χ1n) is 7.06. The highest BCUT2D eigenvalue weighted by molar-refractivity contribution is 7.87. The quantitative estimate of drug-likeness (QED) is 0.616. The predicted octanol–water partition coefficient (Wildman–Crippen LogP) is 4.41. The minimum atomic E-state index is -4.04. The number of nitrogens with zero attached hydrogens (tertiary/aromatic N) is 2. The first kappa shape index (κ1) is 17.4. The molecule has 1 heterocycles. The van der Waals surface area contributed by atoms with Gasteiger partial charge in [-0.2, -0.15) is 13.7 Å². The fourth-order valence-corrected chi connectivity index (χ4v) is 4.11. The van der Waals surface area contributed by atoms with Crippen LogP contribution in [0.1, 0.15) is 11.3 Å². The third kappa shape index (κ3) is 3.82. The normalized spacial score (nSPS) is 11.1. The molecular weight excluding hydrogens is 380 g/mol. The second-order valence-corrected chi connectivity index (χ2v) is 7.92. The number of rotatable bonds is 4. The number of aromatic nitrogens is 1. The van der Waals surface area contributed by atoms with Crippen molar-refractivity contribution in [3.05, 3.63) is 64.1 Å². The van der Waals surface area contributed by atoms with E-state index in [0.717, 1.165) is 16.3 Å². The van der Waals surface area contributed by atoms with Gasteiger partial charge >= 0.3 is 10.1 Å². The summed E-state index contributed by atoms with van der Waals surface area (Å²) in [6, 6.07) is 12.3. The van der Waals surface area contributed by atoms with E-state index < -0.39 is 10.1 Å². The molecule has 0 aliphatic carbocycles. The lowest BCUT2D eigenvalue weighted by molar-refractivity contribution is 0.486. The molecule has 0 aliphatic heterocycles. The van der Waals surface area contributed by atoms with Gasteiger partial charge in [0.15, 0.2) is 0 Å². The Balaban J connectivity index is 1.83. The zero-order chi connectivity index (χ0) is 18.0. The first-order valence-corrected chi connectivity index (χ1v) is 9.72. The molecular formula is C17H11ClN2O3S2. The maximum absolute atomic E-state index is 12.3. The number of aryl methyl sites for hydroxylation is 1. The summed E-state index contributed by atoms with van der Waals surface area (Å²) in [6.45, 7) is 1.91. The lowest BCUT2D eigenvalue weighted by Gasteiger charge is -2.08. The van der Waals surface area contributed by atoms with Crippen molar-refractivity contribution in [1.29, 1.82) is 5.26 Å². The summed E-state index contributed by atoms with van der Waals surface area (Å²) in [4.78, 5) is 4.26. The van der Waals surface area contributed by atoms with Crippen LogP contribution in [0.5, 0.6) is 5.75 Å². The molecule has 0 aliphatic rings. The van der Waals surface area contributed by atoms with Gasteiger partial charge in [0.05, 0.1) is 10.6 Å². The van der Waals surface area contributed by atoms with E-state index in [1.165, 1.54) is 29.5 Å². The molecule has 0 bridgehead atoms. The number of benzene rings is 2. The van der Waals surface area contributed by atoms with E-state index in [9.17, 15) is 8.42 Å². The van der Waals surface area contributed by atoms with Crippen molar-refractivity contribution in [3.8, 4) is 22.4 Å². The predicted molar refractivity (Wildman–Crippen MR) is 96.3 cm³/mol. The van der Waals surface area contributed by atoms with Crippen LogP contribution in [0, 0.1) is 18.3 Å². The Kier molecular flexibility index (Phi) is 4.77. The van der Waals surface area contributed by atoms with Crippen molar-refractivity contribution >= 4 is 33.1 Å². The Hall–Kier alpha value is -2.40. The molecule has 0 saturated heterocycles. The second kappa shape index (κ2) is 6.84. The minimum Gasteiger partial charge on any atom is -0.379 e. The summed E-state index contributed by atoms with van der Waals surface area (Å²) in [5, 5.41) is 11.7. The van der Waals surface area contributed by atoms with Gasteiger partial charge in [-0.15, -0.1) is 11.3 Å². The van der Waals surface area contributed by atoms with Crippen LogP contribution in [0.2, 0.25) is 5.02 Å². The van der Waals surface area contributed by atoms with Gasteiger partial charge in [0, 0.05) is 16.6 Å². The molecule has 8 heteroatoms. The molecule has 0 unspecified atom stereocenters. The van der Waals surface area contributed by atoms with Crippen LogP contribution in [0.15, 0.2) is 52.7 Å². The molecule has 0 radical (unpaired) electrons. The number of hydrogen-bond acceptors (Lipinski definition) is 6. The average molecular weight is 391 g/mol. The smallest absolute Gasteiger partial charge is 0.339 e. The Morgan fingerprint density at radius 2 is 1.92 bits per heavy atom. The summed E-state index contributed by atoms with van der Waals surface area (Å²) < 4.78 is 29.8. The van der Waals surface area contributed by atoms with Gasteiger partial charge in [-0.05, 0) is 49.4 Å². The van der Waals surface area contributed by atoms with E-state index in [1.807, 2.05) is 18.4 Å². The van der Waals surface area contributed by atoms with Gasteiger partial charge in [-0.1, -0.05) is 11.6 Å². The van der Waals surface area contributed by atoms with E-state index in [0.29, 0.717) is 0 Å². The topological polar surface area (TPSA) is 80.0 Å². The van der Waals surface area contributed by atoms with Gasteiger partial charge in [0.1, 0.15) is 21.7 Å². The monoisotopic (exact) mass is 390 g/mol. The molecule has 5 nitrogen and oxygen atoms in total. The molecule has 126 valence electrons. The zero-order valence-corrected chi connectivity index (χ0v) is 15.3. The molecule has 3 rings (SSSR count). The zero-order valence-electron chi connectivity index (χ0n) is 12.9. The maximum atomic E-state index is 12.3. The number of nitriles is 1. The van der Waals surface area contributed by atoms with Crippen molar-refractivity contribution in [2.75, 3.05) is 0 Å². The van der Waals surface area contributed by atoms with Crippen molar-refractivity contribution in [1.82, 2.24) is 4.98 Å². The standard InChI is InChI=1S/C17H11ClN2O3S2/c1-11-10-24-17(20-11)12-2-5-14(6-3-12)23-25(21,22)15-7-4-13(9-19)16(18)8-15/h2-8,10H,1H3. The molecule has 0 amide bonds. The molecule has 0 spiro atoms. The number of hydrogen-bond donors (Lipinski definition) is 0. The van der Waals surface area contributed by atoms with Gasteiger partial charge < -0.3 is 4.18 Å². The third-order valence-electron chi connectivity index (χ3n) is 3.28. The van der Waals surface area contributed by atoms with Crippen LogP contribution in [-0.4, -0.2) is 13.4 Å². The molecule has 2 aromatic carbocycles. The highest BCUT2D eigenvalue weighted by atomic mass is 35.5. The molecule has 0 fully saturated rings. The Bertz CT molecular complexity index is 1070. The third-order valence-corrected chi connectivity index (χ3v) is 5.84. The summed E-state index contributed by atoms with van der Waals surface area (Å²) in [7, 11) is -4.04. The van der Waals surface area contributed by atoms with Crippen molar-refractivity contribution in [2.24, 2.45) is 0 Å². The van der Waals surface area contributed by atoms with Crippen LogP contribution in [-0.2, 0) is 10.1 Å². The highest BCUT2D eigenvalue weighted by Crippen LogP contribution is 2.27. The Morgan fingerprint density at radius 3 is 2.48 bits per heavy atom. The summed E-state index contributed by atoms with van der Waals surface area (Å²) in [6.07, 6.45) is 0. The van der Waals surface area contributed by atoms with E-state index in [2.05, 4.69) is 4.98 Å². The lowest BCUT2D eigenvalue weighted by atomic mass is 10.2. The van der Waals surface area contributed by atoms with Gasteiger partial charge in [0.25, 0.3) is 0 Å². The molecule has 0 saturated carbocycles. The van der Waals surface area contributed by atoms with Crippen molar-refractivity contribution < 1.29 is 12.6 Å². The summed E-state index contributed by atoms with van der Waals surface area (Å²) >= 11 is 7.39. The second-order valence-electron chi connectivity index (χ2n) is 5.11. The minimum absolute atomic E-state index is 0.0571. The van der Waals surface area contributed by atoms with E-state index in [1.54, 1.807) is 24.3 Å². The molecule has 25 heavy (non-hydrogen) atoms. The molecule has 0 atom stereocenters. The number of thiazole rings is 1. The first-order chi connectivity index (χ1) is 11.9. The van der Waals surface area contributed by atoms with Crippen LogP contribution in [0.3, 0.4) is 0 Å². The summed E-state index contributed by atoms with van der Waals surface area (Å²) in [5.41, 5.74) is 2.01. The SMILES string of the molecule is Cc1csc(-c2ccc(OS(=O)(=O)c3ccc(C#N)c(Cl)c3)cc2)n1. The Morgan fingerprint density at radius 1 is 1.20 bits per heavy atom. The average Bonchev–Trinajstić information content (AvgIpc) is 3.01. The highest BCUT2D eigenvalue weighted by Gasteiger charge is 2.18. The van der Waals surface area contributed by atoms with Crippen LogP contribution >= 0.6 is 22.9 Å². The summed E-state index contributed by atoms with van der Waals surface area (Å²) in [5.74, 6) is 0.178. The van der Waals surface area contributed by atoms with Gasteiger partial charge in [-0.3, -0.25) is 0 Å².